The normalized spacial score (nSPS) is 11.3. The molecule has 5 nitrogen and oxygen atoms in total. The predicted octanol–water partition coefficient (Wildman–Crippen LogP) is 3.46. The molecule has 2 aromatic heterocycles. The van der Waals surface area contributed by atoms with Crippen LogP contribution < -0.4 is 5.43 Å². The summed E-state index contributed by atoms with van der Waals surface area (Å²) >= 11 is 0. The molecule has 0 unspecified atom stereocenters. The lowest BCUT2D eigenvalue weighted by Crippen LogP contribution is -2.13. The SMILES string of the molecule is Cc1nc2oc3ccccc3c(=O)c2cc1C(=O)OCC(C)C. The smallest absolute Gasteiger partial charge is 0.340 e. The zero-order valence-electron chi connectivity index (χ0n) is 13.3. The van der Waals surface area contributed by atoms with Crippen molar-refractivity contribution in [2.75, 3.05) is 6.61 Å². The third kappa shape index (κ3) is 2.82. The number of hydrogen-bond acceptors (Lipinski definition) is 5. The minimum atomic E-state index is -0.474. The minimum Gasteiger partial charge on any atom is -0.462 e. The van der Waals surface area contributed by atoms with Crippen LogP contribution in [0.1, 0.15) is 29.9 Å². The molecule has 0 aliphatic rings. The molecule has 0 N–H and O–H groups in total. The molecule has 1 aromatic carbocycles. The summed E-state index contributed by atoms with van der Waals surface area (Å²) in [7, 11) is 0. The second-order valence-corrected chi connectivity index (χ2v) is 5.89. The molecule has 118 valence electrons. The van der Waals surface area contributed by atoms with E-state index in [0.717, 1.165) is 0 Å². The van der Waals surface area contributed by atoms with Gasteiger partial charge < -0.3 is 9.15 Å². The second-order valence-electron chi connectivity index (χ2n) is 5.89. The van der Waals surface area contributed by atoms with E-state index in [-0.39, 0.29) is 22.4 Å². The van der Waals surface area contributed by atoms with Crippen LogP contribution in [-0.4, -0.2) is 17.6 Å². The van der Waals surface area contributed by atoms with Gasteiger partial charge in [-0.25, -0.2) is 9.78 Å². The highest BCUT2D eigenvalue weighted by Crippen LogP contribution is 2.20. The van der Waals surface area contributed by atoms with Crippen molar-refractivity contribution in [2.24, 2.45) is 5.92 Å². The molecule has 2 heterocycles. The second kappa shape index (κ2) is 5.83. The van der Waals surface area contributed by atoms with Crippen LogP contribution in [0.25, 0.3) is 22.1 Å². The standard InChI is InChI=1S/C18H17NO4/c1-10(2)9-22-18(21)13-8-14-16(20)12-6-4-5-7-15(12)23-17(14)19-11(13)3/h4-8,10H,9H2,1-3H3. The molecule has 0 spiro atoms. The number of carbonyl (C=O) groups is 1. The highest BCUT2D eigenvalue weighted by atomic mass is 16.5. The first-order valence-electron chi connectivity index (χ1n) is 7.47. The Morgan fingerprint density at radius 3 is 2.74 bits per heavy atom. The molecule has 0 aliphatic heterocycles. The molecular formula is C18H17NO4. The van der Waals surface area contributed by atoms with E-state index in [9.17, 15) is 9.59 Å². The van der Waals surface area contributed by atoms with Crippen molar-refractivity contribution in [2.45, 2.75) is 20.8 Å². The Morgan fingerprint density at radius 2 is 2.00 bits per heavy atom. The summed E-state index contributed by atoms with van der Waals surface area (Å²) in [5.41, 5.74) is 1.27. The van der Waals surface area contributed by atoms with E-state index in [1.165, 1.54) is 6.07 Å². The molecule has 0 amide bonds. The number of hydrogen-bond donors (Lipinski definition) is 0. The Balaban J connectivity index is 2.17. The molecule has 0 saturated heterocycles. The third-order valence-electron chi connectivity index (χ3n) is 3.53. The van der Waals surface area contributed by atoms with Gasteiger partial charge in [0.1, 0.15) is 5.58 Å². The summed E-state index contributed by atoms with van der Waals surface area (Å²) in [4.78, 5) is 29.0. The number of pyridine rings is 1. The maximum atomic E-state index is 12.6. The van der Waals surface area contributed by atoms with Crippen LogP contribution in [-0.2, 0) is 4.74 Å². The zero-order chi connectivity index (χ0) is 16.6. The van der Waals surface area contributed by atoms with Crippen molar-refractivity contribution in [3.63, 3.8) is 0 Å². The van der Waals surface area contributed by atoms with Crippen LogP contribution in [0.15, 0.2) is 39.5 Å². The van der Waals surface area contributed by atoms with E-state index in [1.807, 2.05) is 13.8 Å². The molecule has 0 radical (unpaired) electrons. The Labute approximate surface area is 132 Å². The number of nitrogens with zero attached hydrogens (tertiary/aromatic N) is 1. The van der Waals surface area contributed by atoms with Crippen molar-refractivity contribution in [3.8, 4) is 0 Å². The minimum absolute atomic E-state index is 0.202. The monoisotopic (exact) mass is 311 g/mol. The number of carbonyl (C=O) groups excluding carboxylic acids is 1. The highest BCUT2D eigenvalue weighted by Gasteiger charge is 2.17. The van der Waals surface area contributed by atoms with Gasteiger partial charge in [0.15, 0.2) is 0 Å². The zero-order valence-corrected chi connectivity index (χ0v) is 13.3. The first-order valence-corrected chi connectivity index (χ1v) is 7.47. The van der Waals surface area contributed by atoms with Crippen molar-refractivity contribution < 1.29 is 13.9 Å². The van der Waals surface area contributed by atoms with Crippen molar-refractivity contribution >= 4 is 28.0 Å². The summed E-state index contributed by atoms with van der Waals surface area (Å²) < 4.78 is 10.9. The number of aryl methyl sites for hydroxylation is 1. The fourth-order valence-corrected chi connectivity index (χ4v) is 2.34. The fraction of sp³-hybridized carbons (Fsp3) is 0.278. The lowest BCUT2D eigenvalue weighted by atomic mass is 10.1. The molecule has 3 aromatic rings. The molecule has 0 atom stereocenters. The third-order valence-corrected chi connectivity index (χ3v) is 3.53. The van der Waals surface area contributed by atoms with Gasteiger partial charge in [-0.3, -0.25) is 4.79 Å². The summed E-state index contributed by atoms with van der Waals surface area (Å²) in [6, 6.07) is 8.49. The van der Waals surface area contributed by atoms with Gasteiger partial charge in [0.25, 0.3) is 0 Å². The molecule has 23 heavy (non-hydrogen) atoms. The summed E-state index contributed by atoms with van der Waals surface area (Å²) in [6.45, 7) is 5.93. The Bertz CT molecular complexity index is 956. The maximum absolute atomic E-state index is 12.6. The molecule has 0 bridgehead atoms. The fourth-order valence-electron chi connectivity index (χ4n) is 2.34. The molecule has 3 rings (SSSR count). The molecule has 0 fully saturated rings. The average molecular weight is 311 g/mol. The topological polar surface area (TPSA) is 69.4 Å². The molecule has 0 aliphatic carbocycles. The number of fused-ring (bicyclic) bond motifs is 2. The number of ether oxygens (including phenoxy) is 1. The van der Waals surface area contributed by atoms with Crippen LogP contribution in [0.2, 0.25) is 0 Å². The van der Waals surface area contributed by atoms with Gasteiger partial charge in [0.05, 0.1) is 28.6 Å². The predicted molar refractivity (Wildman–Crippen MR) is 87.6 cm³/mol. The van der Waals surface area contributed by atoms with Crippen molar-refractivity contribution in [1.29, 1.82) is 0 Å². The first kappa shape index (κ1) is 15.2. The first-order chi connectivity index (χ1) is 11.0. The van der Waals surface area contributed by atoms with Gasteiger partial charge >= 0.3 is 5.97 Å². The highest BCUT2D eigenvalue weighted by molar-refractivity contribution is 5.96. The van der Waals surface area contributed by atoms with Gasteiger partial charge in [-0.1, -0.05) is 26.0 Å². The van der Waals surface area contributed by atoms with Gasteiger partial charge in [0, 0.05) is 0 Å². The summed E-state index contributed by atoms with van der Waals surface area (Å²) in [5, 5.41) is 0.748. The number of benzene rings is 1. The van der Waals surface area contributed by atoms with Gasteiger partial charge in [-0.2, -0.15) is 0 Å². The van der Waals surface area contributed by atoms with Crippen LogP contribution in [0.5, 0.6) is 0 Å². The number of esters is 1. The Morgan fingerprint density at radius 1 is 1.26 bits per heavy atom. The van der Waals surface area contributed by atoms with Crippen molar-refractivity contribution in [1.82, 2.24) is 4.98 Å². The average Bonchev–Trinajstić information content (AvgIpc) is 2.52. The van der Waals surface area contributed by atoms with Crippen LogP contribution in [0, 0.1) is 12.8 Å². The number of para-hydroxylation sites is 1. The largest absolute Gasteiger partial charge is 0.462 e. The van der Waals surface area contributed by atoms with E-state index in [2.05, 4.69) is 4.98 Å². The van der Waals surface area contributed by atoms with E-state index >= 15 is 0 Å². The lowest BCUT2D eigenvalue weighted by Gasteiger charge is -2.09. The summed E-state index contributed by atoms with van der Waals surface area (Å²) in [6.07, 6.45) is 0. The van der Waals surface area contributed by atoms with Gasteiger partial charge in [-0.15, -0.1) is 0 Å². The molecular weight excluding hydrogens is 294 g/mol. The maximum Gasteiger partial charge on any atom is 0.340 e. The summed E-state index contributed by atoms with van der Waals surface area (Å²) in [5.74, 6) is -0.236. The number of rotatable bonds is 3. The van der Waals surface area contributed by atoms with E-state index < -0.39 is 5.97 Å². The van der Waals surface area contributed by atoms with Crippen LogP contribution in [0.4, 0.5) is 0 Å². The quantitative estimate of drug-likeness (QED) is 0.547. The Hall–Kier alpha value is -2.69. The van der Waals surface area contributed by atoms with E-state index in [4.69, 9.17) is 9.15 Å². The van der Waals surface area contributed by atoms with E-state index in [0.29, 0.717) is 28.8 Å². The molecule has 0 saturated carbocycles. The van der Waals surface area contributed by atoms with E-state index in [1.54, 1.807) is 31.2 Å². The van der Waals surface area contributed by atoms with Crippen molar-refractivity contribution in [3.05, 3.63) is 51.8 Å². The number of aromatic nitrogens is 1. The van der Waals surface area contributed by atoms with Gasteiger partial charge in [0.2, 0.25) is 11.1 Å². The molecule has 5 heteroatoms. The van der Waals surface area contributed by atoms with Crippen LogP contribution in [0.3, 0.4) is 0 Å². The lowest BCUT2D eigenvalue weighted by molar-refractivity contribution is 0.0458. The van der Waals surface area contributed by atoms with Crippen LogP contribution >= 0.6 is 0 Å². The van der Waals surface area contributed by atoms with Gasteiger partial charge in [-0.05, 0) is 31.0 Å². The Kier molecular flexibility index (Phi) is 3.86.